The van der Waals surface area contributed by atoms with Crippen LogP contribution in [0.2, 0.25) is 0 Å². The third kappa shape index (κ3) is 4.11. The predicted octanol–water partition coefficient (Wildman–Crippen LogP) is 4.29. The normalized spacial score (nSPS) is 18.5. The van der Waals surface area contributed by atoms with Gasteiger partial charge in [0.05, 0.1) is 0 Å². The van der Waals surface area contributed by atoms with E-state index in [1.54, 1.807) is 0 Å². The van der Waals surface area contributed by atoms with Crippen LogP contribution in [-0.2, 0) is 16.5 Å². The van der Waals surface area contributed by atoms with E-state index in [9.17, 15) is 23.2 Å². The molecule has 0 radical (unpaired) electrons. The summed E-state index contributed by atoms with van der Waals surface area (Å²) >= 11 is 0. The van der Waals surface area contributed by atoms with E-state index in [2.05, 4.69) is 0 Å². The molecule has 0 fully saturated rings. The highest BCUT2D eigenvalue weighted by molar-refractivity contribution is 7.86. The molecule has 1 aromatic carbocycles. The van der Waals surface area contributed by atoms with Crippen LogP contribution in [0.4, 0.5) is 0 Å². The highest BCUT2D eigenvalue weighted by atomic mass is 32.2. The van der Waals surface area contributed by atoms with E-state index >= 15 is 0 Å². The first-order chi connectivity index (χ1) is 11.3. The van der Waals surface area contributed by atoms with Crippen molar-refractivity contribution in [3.05, 3.63) is 28.8 Å². The van der Waals surface area contributed by atoms with Gasteiger partial charge >= 0.3 is 0 Å². The topological polar surface area (TPSA) is 94.8 Å². The van der Waals surface area contributed by atoms with Crippen LogP contribution >= 0.6 is 0 Å². The third-order valence-electron chi connectivity index (χ3n) is 4.60. The highest BCUT2D eigenvalue weighted by Gasteiger charge is 2.29. The molecule has 1 aliphatic carbocycles. The monoisotopic (exact) mass is 354 g/mol. The summed E-state index contributed by atoms with van der Waals surface area (Å²) in [6, 6.07) is 1.38. The zero-order valence-corrected chi connectivity index (χ0v) is 15.1. The van der Waals surface area contributed by atoms with Crippen molar-refractivity contribution in [2.75, 3.05) is 0 Å². The Labute approximate surface area is 143 Å². The molecule has 134 valence electrons. The molecule has 0 aromatic heterocycles. The fourth-order valence-corrected chi connectivity index (χ4v) is 4.29. The largest absolute Gasteiger partial charge is 0.507 e. The van der Waals surface area contributed by atoms with Gasteiger partial charge in [-0.3, -0.25) is 4.55 Å². The van der Waals surface area contributed by atoms with Crippen molar-refractivity contribution in [1.29, 1.82) is 0 Å². The summed E-state index contributed by atoms with van der Waals surface area (Å²) in [5.41, 5.74) is 1.60. The number of phenols is 2. The summed E-state index contributed by atoms with van der Waals surface area (Å²) in [7, 11) is -4.57. The van der Waals surface area contributed by atoms with Crippen LogP contribution in [0.15, 0.2) is 22.6 Å². The zero-order valence-electron chi connectivity index (χ0n) is 14.2. The Bertz CT molecular complexity index is 734. The molecule has 24 heavy (non-hydrogen) atoms. The average Bonchev–Trinajstić information content (AvgIpc) is 2.45. The number of benzene rings is 1. The maximum atomic E-state index is 11.8. The van der Waals surface area contributed by atoms with Crippen molar-refractivity contribution >= 4 is 10.1 Å². The molecule has 2 rings (SSSR count). The van der Waals surface area contributed by atoms with Gasteiger partial charge in [0.15, 0.2) is 0 Å². The fourth-order valence-electron chi connectivity index (χ4n) is 3.45. The Morgan fingerprint density at radius 1 is 1.25 bits per heavy atom. The second-order valence-electron chi connectivity index (χ2n) is 6.59. The minimum Gasteiger partial charge on any atom is -0.507 e. The zero-order chi connectivity index (χ0) is 17.9. The molecular formula is C18H26O5S. The quantitative estimate of drug-likeness (QED) is 0.402. The molecule has 1 aromatic rings. The van der Waals surface area contributed by atoms with Crippen LogP contribution in [0.1, 0.15) is 69.4 Å². The van der Waals surface area contributed by atoms with Gasteiger partial charge in [-0.25, -0.2) is 0 Å². The molecule has 1 unspecified atom stereocenters. The summed E-state index contributed by atoms with van der Waals surface area (Å²) in [6.45, 7) is 4.00. The maximum absolute atomic E-state index is 11.8. The van der Waals surface area contributed by atoms with Crippen LogP contribution in [0.25, 0.3) is 0 Å². The van der Waals surface area contributed by atoms with Gasteiger partial charge in [0, 0.05) is 11.5 Å². The van der Waals surface area contributed by atoms with Crippen molar-refractivity contribution < 1.29 is 23.2 Å². The number of phenolic OH excluding ortho intramolecular Hbond substituents is 2. The van der Waals surface area contributed by atoms with E-state index in [0.717, 1.165) is 44.1 Å². The summed E-state index contributed by atoms with van der Waals surface area (Å²) < 4.78 is 33.2. The molecular weight excluding hydrogens is 328 g/mol. The van der Waals surface area contributed by atoms with Crippen LogP contribution in [0, 0.1) is 0 Å². The molecule has 3 N–H and O–H groups in total. The molecule has 0 amide bonds. The number of aromatic hydroxyl groups is 2. The van der Waals surface area contributed by atoms with Crippen molar-refractivity contribution in [2.24, 2.45) is 0 Å². The van der Waals surface area contributed by atoms with Crippen LogP contribution in [0.3, 0.4) is 0 Å². The Hall–Kier alpha value is -1.53. The maximum Gasteiger partial charge on any atom is 0.298 e. The first kappa shape index (κ1) is 18.8. The molecule has 0 bridgehead atoms. The van der Waals surface area contributed by atoms with Crippen LogP contribution in [-0.4, -0.2) is 23.2 Å². The number of unbranched alkanes of at least 4 members (excludes halogenated alkanes) is 2. The molecule has 0 aliphatic heterocycles. The van der Waals surface area contributed by atoms with Gasteiger partial charge in [-0.2, -0.15) is 8.42 Å². The SMILES string of the molecule is CCCCCc1cc(O)c(C2C=C(C)CCC2)c(O)c1S(=O)(=O)O. The molecule has 5 nitrogen and oxygen atoms in total. The molecule has 6 heteroatoms. The van der Waals surface area contributed by atoms with E-state index in [4.69, 9.17) is 0 Å². The first-order valence-corrected chi connectivity index (χ1v) is 9.92. The van der Waals surface area contributed by atoms with Crippen molar-refractivity contribution in [3.8, 4) is 11.5 Å². The van der Waals surface area contributed by atoms with Crippen molar-refractivity contribution in [3.63, 3.8) is 0 Å². The number of hydrogen-bond donors (Lipinski definition) is 3. The number of rotatable bonds is 6. The van der Waals surface area contributed by atoms with Crippen LogP contribution in [0.5, 0.6) is 11.5 Å². The van der Waals surface area contributed by atoms with E-state index in [1.165, 1.54) is 6.07 Å². The second kappa shape index (κ2) is 7.57. The predicted molar refractivity (Wildman–Crippen MR) is 93.2 cm³/mol. The number of aryl methyl sites for hydroxylation is 1. The fraction of sp³-hybridized carbons (Fsp3) is 0.556. The van der Waals surface area contributed by atoms with Gasteiger partial charge in [-0.1, -0.05) is 31.4 Å². The Morgan fingerprint density at radius 3 is 2.54 bits per heavy atom. The lowest BCUT2D eigenvalue weighted by Gasteiger charge is -2.23. The van der Waals surface area contributed by atoms with Gasteiger partial charge < -0.3 is 10.2 Å². The van der Waals surface area contributed by atoms with Gasteiger partial charge in [-0.05, 0) is 50.7 Å². The molecule has 0 saturated carbocycles. The Balaban J connectivity index is 2.56. The van der Waals surface area contributed by atoms with Crippen molar-refractivity contribution in [1.82, 2.24) is 0 Å². The molecule has 0 heterocycles. The third-order valence-corrected chi connectivity index (χ3v) is 5.57. The first-order valence-electron chi connectivity index (χ1n) is 8.48. The van der Waals surface area contributed by atoms with Gasteiger partial charge in [0.25, 0.3) is 10.1 Å². The standard InChI is InChI=1S/C18H26O5S/c1-3-4-5-8-14-11-15(19)16(13-9-6-7-12(2)10-13)17(20)18(14)24(21,22)23/h10-11,13,19-20H,3-9H2,1-2H3,(H,21,22,23). The Kier molecular flexibility index (Phi) is 5.93. The van der Waals surface area contributed by atoms with E-state index in [1.807, 2.05) is 19.9 Å². The molecule has 1 aliphatic rings. The summed E-state index contributed by atoms with van der Waals surface area (Å²) in [6.07, 6.45) is 7.50. The smallest absolute Gasteiger partial charge is 0.298 e. The number of allylic oxidation sites excluding steroid dienone is 2. The Morgan fingerprint density at radius 2 is 1.96 bits per heavy atom. The van der Waals surface area contributed by atoms with Gasteiger partial charge in [-0.15, -0.1) is 0 Å². The molecule has 1 atom stereocenters. The van der Waals surface area contributed by atoms with E-state index < -0.39 is 20.8 Å². The lowest BCUT2D eigenvalue weighted by atomic mass is 9.84. The van der Waals surface area contributed by atoms with E-state index in [-0.39, 0.29) is 22.8 Å². The lowest BCUT2D eigenvalue weighted by Crippen LogP contribution is -2.09. The minimum atomic E-state index is -4.57. The summed E-state index contributed by atoms with van der Waals surface area (Å²) in [5, 5.41) is 20.9. The van der Waals surface area contributed by atoms with Crippen LogP contribution < -0.4 is 0 Å². The van der Waals surface area contributed by atoms with Gasteiger partial charge in [0.1, 0.15) is 16.4 Å². The lowest BCUT2D eigenvalue weighted by molar-refractivity contribution is 0.410. The summed E-state index contributed by atoms with van der Waals surface area (Å²) in [4.78, 5) is -0.456. The average molecular weight is 354 g/mol. The van der Waals surface area contributed by atoms with Gasteiger partial charge in [0.2, 0.25) is 0 Å². The van der Waals surface area contributed by atoms with E-state index in [0.29, 0.717) is 6.42 Å². The molecule has 0 saturated heterocycles. The minimum absolute atomic E-state index is 0.109. The second-order valence-corrected chi connectivity index (χ2v) is 7.95. The van der Waals surface area contributed by atoms with Crippen molar-refractivity contribution in [2.45, 2.75) is 69.6 Å². The number of hydrogen-bond acceptors (Lipinski definition) is 4. The summed E-state index contributed by atoms with van der Waals surface area (Å²) in [5.74, 6) is -0.869. The molecule has 0 spiro atoms. The highest BCUT2D eigenvalue weighted by Crippen LogP contribution is 2.45.